The second kappa shape index (κ2) is 55.3. The Morgan fingerprint density at radius 1 is 0.418 bits per heavy atom. The van der Waals surface area contributed by atoms with Crippen LogP contribution in [0.5, 0.6) is 0 Å². The number of nitrogens with one attached hydrogen (secondary N) is 1. The van der Waals surface area contributed by atoms with Crippen LogP contribution < -0.4 is 5.32 Å². The second-order valence-electron chi connectivity index (χ2n) is 20.7. The van der Waals surface area contributed by atoms with E-state index in [0.717, 1.165) is 57.8 Å². The molecule has 0 bridgehead atoms. The Morgan fingerprint density at radius 3 is 1.07 bits per heavy atom. The van der Waals surface area contributed by atoms with Gasteiger partial charge < -0.3 is 20.3 Å². The quantitative estimate of drug-likeness (QED) is 0.0321. The van der Waals surface area contributed by atoms with Gasteiger partial charge in [0.05, 0.1) is 25.2 Å². The third-order valence-corrected chi connectivity index (χ3v) is 14.0. The monoisotopic (exact) mass is 944 g/mol. The maximum Gasteiger partial charge on any atom is 0.306 e. The molecule has 3 atom stereocenters. The van der Waals surface area contributed by atoms with Gasteiger partial charge in [0.15, 0.2) is 0 Å². The Labute approximate surface area is 418 Å². The van der Waals surface area contributed by atoms with Gasteiger partial charge in [-0.25, -0.2) is 0 Å². The summed E-state index contributed by atoms with van der Waals surface area (Å²) in [6, 6.07) is -0.704. The lowest BCUT2D eigenvalue weighted by Gasteiger charge is -2.24. The van der Waals surface area contributed by atoms with Crippen LogP contribution >= 0.6 is 0 Å². The molecular weight excluding hydrogens is 827 g/mol. The number of aliphatic hydroxyl groups excluding tert-OH is 2. The van der Waals surface area contributed by atoms with Crippen molar-refractivity contribution in [3.05, 3.63) is 24.3 Å². The molecule has 0 aromatic heterocycles. The summed E-state index contributed by atoms with van der Waals surface area (Å²) in [4.78, 5) is 26.3. The first kappa shape index (κ1) is 65.3. The highest BCUT2D eigenvalue weighted by molar-refractivity contribution is 5.77. The molecule has 0 aliphatic heterocycles. The highest BCUT2D eigenvalue weighted by atomic mass is 16.5. The van der Waals surface area contributed by atoms with Gasteiger partial charge in [-0.15, -0.1) is 0 Å². The SMILES string of the molecule is CCCCCCCC/C=C/CCCCCCCCCCCC(=O)OC(CCCCC/C=C/CCCCCCCCCCC)CC(=O)NC(CO)C(O)CCCCCCCCCCCCCCC. The summed E-state index contributed by atoms with van der Waals surface area (Å²) < 4.78 is 5.97. The highest BCUT2D eigenvalue weighted by Gasteiger charge is 2.24. The fourth-order valence-corrected chi connectivity index (χ4v) is 9.42. The van der Waals surface area contributed by atoms with Gasteiger partial charge in [-0.3, -0.25) is 9.59 Å². The highest BCUT2D eigenvalue weighted by Crippen LogP contribution is 2.18. The zero-order valence-electron chi connectivity index (χ0n) is 45.3. The Kier molecular flexibility index (Phi) is 53.9. The molecule has 0 spiro atoms. The standard InChI is InChI=1S/C61H117NO5/c1-4-7-10-13-16-19-22-25-27-29-30-31-33-36-39-42-45-48-51-54-61(66)67-57(52-49-46-43-40-37-35-32-28-26-23-20-17-14-11-8-5-2)55-60(65)62-58(56-63)59(64)53-50-47-44-41-38-34-24-21-18-15-12-9-6-3/h25,27,35,37,57-59,63-64H,4-24,26,28-34,36,38-56H2,1-3H3,(H,62,65)/b27-25+,37-35+. The molecule has 0 rings (SSSR count). The number of hydrogen-bond donors (Lipinski definition) is 3. The summed E-state index contributed by atoms with van der Waals surface area (Å²) in [5.41, 5.74) is 0. The van der Waals surface area contributed by atoms with Gasteiger partial charge >= 0.3 is 5.97 Å². The van der Waals surface area contributed by atoms with Crippen molar-refractivity contribution in [2.45, 2.75) is 347 Å². The van der Waals surface area contributed by atoms with Crippen LogP contribution in [-0.4, -0.2) is 46.9 Å². The van der Waals surface area contributed by atoms with E-state index in [-0.39, 0.29) is 24.9 Å². The summed E-state index contributed by atoms with van der Waals surface area (Å²) >= 11 is 0. The van der Waals surface area contributed by atoms with Crippen molar-refractivity contribution in [3.8, 4) is 0 Å². The van der Waals surface area contributed by atoms with Gasteiger partial charge in [0.1, 0.15) is 6.10 Å². The van der Waals surface area contributed by atoms with Crippen molar-refractivity contribution in [3.63, 3.8) is 0 Å². The molecule has 0 radical (unpaired) electrons. The molecule has 6 nitrogen and oxygen atoms in total. The third-order valence-electron chi connectivity index (χ3n) is 14.0. The molecule has 0 aliphatic carbocycles. The first-order valence-corrected chi connectivity index (χ1v) is 30.1. The van der Waals surface area contributed by atoms with Crippen molar-refractivity contribution in [2.24, 2.45) is 0 Å². The van der Waals surface area contributed by atoms with Crippen LogP contribution in [0.25, 0.3) is 0 Å². The van der Waals surface area contributed by atoms with E-state index >= 15 is 0 Å². The smallest absolute Gasteiger partial charge is 0.306 e. The van der Waals surface area contributed by atoms with Gasteiger partial charge in [0.2, 0.25) is 5.91 Å². The van der Waals surface area contributed by atoms with E-state index in [9.17, 15) is 19.8 Å². The lowest BCUT2D eigenvalue weighted by molar-refractivity contribution is -0.151. The average molecular weight is 945 g/mol. The Bertz CT molecular complexity index is 1060. The minimum atomic E-state index is -0.789. The third kappa shape index (κ3) is 50.5. The summed E-state index contributed by atoms with van der Waals surface area (Å²) in [6.45, 7) is 6.52. The number of carbonyl (C=O) groups excluding carboxylic acids is 2. The van der Waals surface area contributed by atoms with E-state index in [1.807, 2.05) is 0 Å². The molecule has 0 aromatic carbocycles. The summed E-state index contributed by atoms with van der Waals surface area (Å²) in [6.07, 6.45) is 65.3. The first-order chi connectivity index (χ1) is 33.0. The number of allylic oxidation sites excluding steroid dienone is 4. The summed E-state index contributed by atoms with van der Waals surface area (Å²) in [5.74, 6) is -0.472. The van der Waals surface area contributed by atoms with Gasteiger partial charge in [-0.2, -0.15) is 0 Å². The average Bonchev–Trinajstić information content (AvgIpc) is 3.32. The lowest BCUT2D eigenvalue weighted by atomic mass is 10.0. The van der Waals surface area contributed by atoms with E-state index in [4.69, 9.17) is 4.74 Å². The molecule has 0 heterocycles. The van der Waals surface area contributed by atoms with Gasteiger partial charge in [0.25, 0.3) is 0 Å². The number of unbranched alkanes of at least 4 members (excludes halogenated alkanes) is 39. The van der Waals surface area contributed by atoms with E-state index in [1.165, 1.54) is 225 Å². The lowest BCUT2D eigenvalue weighted by Crippen LogP contribution is -2.46. The van der Waals surface area contributed by atoms with Crippen molar-refractivity contribution >= 4 is 11.9 Å². The van der Waals surface area contributed by atoms with Crippen molar-refractivity contribution in [1.29, 1.82) is 0 Å². The molecule has 0 saturated carbocycles. The fourth-order valence-electron chi connectivity index (χ4n) is 9.42. The largest absolute Gasteiger partial charge is 0.462 e. The topological polar surface area (TPSA) is 95.9 Å². The second-order valence-corrected chi connectivity index (χ2v) is 20.7. The van der Waals surface area contributed by atoms with E-state index < -0.39 is 18.2 Å². The number of amides is 1. The molecule has 3 unspecified atom stereocenters. The van der Waals surface area contributed by atoms with E-state index in [1.54, 1.807) is 0 Å². The number of carbonyl (C=O) groups is 2. The van der Waals surface area contributed by atoms with Crippen LogP contribution in [0.3, 0.4) is 0 Å². The zero-order chi connectivity index (χ0) is 48.8. The normalized spacial score (nSPS) is 13.2. The fraction of sp³-hybridized carbons (Fsp3) is 0.902. The predicted molar refractivity (Wildman–Crippen MR) is 292 cm³/mol. The number of hydrogen-bond acceptors (Lipinski definition) is 5. The Morgan fingerprint density at radius 2 is 0.716 bits per heavy atom. The van der Waals surface area contributed by atoms with E-state index in [0.29, 0.717) is 19.3 Å². The summed E-state index contributed by atoms with van der Waals surface area (Å²) in [7, 11) is 0. The van der Waals surface area contributed by atoms with Gasteiger partial charge in [0, 0.05) is 6.42 Å². The molecule has 0 aliphatic rings. The number of aliphatic hydroxyl groups is 2. The maximum atomic E-state index is 13.3. The van der Waals surface area contributed by atoms with Crippen molar-refractivity contribution in [1.82, 2.24) is 5.32 Å². The van der Waals surface area contributed by atoms with Crippen LogP contribution in [0.2, 0.25) is 0 Å². The van der Waals surface area contributed by atoms with Crippen LogP contribution in [0.4, 0.5) is 0 Å². The van der Waals surface area contributed by atoms with Crippen molar-refractivity contribution in [2.75, 3.05) is 6.61 Å². The number of rotatable bonds is 55. The predicted octanol–water partition coefficient (Wildman–Crippen LogP) is 18.6. The molecule has 0 aromatic rings. The number of esters is 1. The molecule has 0 fully saturated rings. The van der Waals surface area contributed by atoms with Crippen LogP contribution in [-0.2, 0) is 14.3 Å². The molecule has 6 heteroatoms. The first-order valence-electron chi connectivity index (χ1n) is 30.1. The minimum Gasteiger partial charge on any atom is -0.462 e. The van der Waals surface area contributed by atoms with E-state index in [2.05, 4.69) is 50.4 Å². The minimum absolute atomic E-state index is 0.0713. The Hall–Kier alpha value is -1.66. The molecule has 0 saturated heterocycles. The summed E-state index contributed by atoms with van der Waals surface area (Å²) in [5, 5.41) is 23.9. The van der Waals surface area contributed by atoms with Crippen LogP contribution in [0.1, 0.15) is 329 Å². The van der Waals surface area contributed by atoms with Gasteiger partial charge in [-0.1, -0.05) is 263 Å². The number of ether oxygens (including phenoxy) is 1. The maximum absolute atomic E-state index is 13.3. The zero-order valence-corrected chi connectivity index (χ0v) is 45.3. The molecule has 3 N–H and O–H groups in total. The van der Waals surface area contributed by atoms with Gasteiger partial charge in [-0.05, 0) is 77.0 Å². The molecule has 67 heavy (non-hydrogen) atoms. The molecule has 1 amide bonds. The Balaban J connectivity index is 4.53. The van der Waals surface area contributed by atoms with Crippen LogP contribution in [0.15, 0.2) is 24.3 Å². The molecular formula is C61H117NO5. The van der Waals surface area contributed by atoms with Crippen molar-refractivity contribution < 1.29 is 24.5 Å². The molecule has 396 valence electrons. The van der Waals surface area contributed by atoms with Crippen LogP contribution in [0, 0.1) is 0 Å².